The third kappa shape index (κ3) is 6.68. The van der Waals surface area contributed by atoms with E-state index in [2.05, 4.69) is 28.4 Å². The molecule has 1 saturated heterocycles. The van der Waals surface area contributed by atoms with Gasteiger partial charge in [-0.25, -0.2) is 0 Å². The van der Waals surface area contributed by atoms with Crippen molar-refractivity contribution in [3.63, 3.8) is 0 Å². The zero-order valence-corrected chi connectivity index (χ0v) is 13.4. The van der Waals surface area contributed by atoms with E-state index in [1.165, 1.54) is 20.0 Å². The van der Waals surface area contributed by atoms with Crippen LogP contribution in [0.4, 0.5) is 0 Å². The summed E-state index contributed by atoms with van der Waals surface area (Å²) in [4.78, 5) is 16.0. The Morgan fingerprint density at radius 3 is 2.20 bits per heavy atom. The number of rotatable bonds is 8. The molecule has 0 spiro atoms. The summed E-state index contributed by atoms with van der Waals surface area (Å²) in [5.41, 5.74) is 6.02. The lowest BCUT2D eigenvalue weighted by atomic mass is 9.88. The van der Waals surface area contributed by atoms with E-state index in [1.54, 1.807) is 0 Å². The van der Waals surface area contributed by atoms with E-state index in [0.29, 0.717) is 6.42 Å². The summed E-state index contributed by atoms with van der Waals surface area (Å²) < 4.78 is 4.67. The minimum absolute atomic E-state index is 0.114. The lowest BCUT2D eigenvalue weighted by Gasteiger charge is -2.35. The minimum atomic E-state index is -0.114. The van der Waals surface area contributed by atoms with Gasteiger partial charge in [-0.1, -0.05) is 13.8 Å². The van der Waals surface area contributed by atoms with Crippen LogP contribution in [-0.4, -0.2) is 68.7 Å². The van der Waals surface area contributed by atoms with Crippen molar-refractivity contribution < 1.29 is 9.53 Å². The van der Waals surface area contributed by atoms with E-state index in [-0.39, 0.29) is 11.4 Å². The Labute approximate surface area is 123 Å². The van der Waals surface area contributed by atoms with Crippen LogP contribution < -0.4 is 5.73 Å². The molecule has 1 heterocycles. The summed E-state index contributed by atoms with van der Waals surface area (Å²) in [6.07, 6.45) is 2.90. The average Bonchev–Trinajstić information content (AvgIpc) is 2.46. The second kappa shape index (κ2) is 8.60. The molecule has 0 saturated carbocycles. The quantitative estimate of drug-likeness (QED) is 0.672. The highest BCUT2D eigenvalue weighted by molar-refractivity contribution is 5.69. The van der Waals surface area contributed by atoms with Gasteiger partial charge in [0.25, 0.3) is 0 Å². The van der Waals surface area contributed by atoms with E-state index >= 15 is 0 Å². The van der Waals surface area contributed by atoms with E-state index in [9.17, 15) is 4.79 Å². The Bertz CT molecular complexity index is 287. The first kappa shape index (κ1) is 17.4. The van der Waals surface area contributed by atoms with Gasteiger partial charge in [-0.3, -0.25) is 4.79 Å². The number of carbonyl (C=O) groups is 1. The molecule has 1 aliphatic rings. The molecule has 0 unspecified atom stereocenters. The van der Waals surface area contributed by atoms with Gasteiger partial charge >= 0.3 is 5.97 Å². The highest BCUT2D eigenvalue weighted by Crippen LogP contribution is 2.20. The van der Waals surface area contributed by atoms with Crippen molar-refractivity contribution >= 4 is 5.97 Å². The highest BCUT2D eigenvalue weighted by Gasteiger charge is 2.19. The molecule has 1 rings (SSSR count). The number of nitrogens with two attached hydrogens (primary N) is 1. The van der Waals surface area contributed by atoms with E-state index in [4.69, 9.17) is 5.73 Å². The standard InChI is InChI=1S/C15H31N3O2/c1-15(2,13-16)6-4-7-17-9-11-18(12-10-17)8-5-14(19)20-3/h4-13,16H2,1-3H3. The molecule has 118 valence electrons. The van der Waals surface area contributed by atoms with Crippen LogP contribution in [0.1, 0.15) is 33.1 Å². The monoisotopic (exact) mass is 285 g/mol. The summed E-state index contributed by atoms with van der Waals surface area (Å²) in [7, 11) is 1.45. The predicted octanol–water partition coefficient (Wildman–Crippen LogP) is 0.932. The minimum Gasteiger partial charge on any atom is -0.469 e. The van der Waals surface area contributed by atoms with Crippen LogP contribution in [0.2, 0.25) is 0 Å². The number of piperazine rings is 1. The molecule has 5 nitrogen and oxygen atoms in total. The van der Waals surface area contributed by atoms with Crippen molar-refractivity contribution in [2.75, 3.05) is 52.9 Å². The normalized spacial score (nSPS) is 18.2. The van der Waals surface area contributed by atoms with E-state index in [0.717, 1.165) is 45.8 Å². The van der Waals surface area contributed by atoms with Crippen LogP contribution in [-0.2, 0) is 9.53 Å². The van der Waals surface area contributed by atoms with Gasteiger partial charge in [0.2, 0.25) is 0 Å². The lowest BCUT2D eigenvalue weighted by molar-refractivity contribution is -0.141. The molecule has 0 amide bonds. The molecule has 0 bridgehead atoms. The SMILES string of the molecule is COC(=O)CCN1CCN(CCCC(C)(C)CN)CC1. The lowest BCUT2D eigenvalue weighted by Crippen LogP contribution is -2.47. The summed E-state index contributed by atoms with van der Waals surface area (Å²) in [5, 5.41) is 0. The molecule has 1 fully saturated rings. The Balaban J connectivity index is 2.11. The van der Waals surface area contributed by atoms with Crippen molar-refractivity contribution in [2.24, 2.45) is 11.1 Å². The van der Waals surface area contributed by atoms with Crippen molar-refractivity contribution in [3.8, 4) is 0 Å². The van der Waals surface area contributed by atoms with Crippen molar-refractivity contribution in [2.45, 2.75) is 33.1 Å². The molecular weight excluding hydrogens is 254 g/mol. The third-order valence-electron chi connectivity index (χ3n) is 4.21. The second-order valence-electron chi connectivity index (χ2n) is 6.48. The first-order valence-corrected chi connectivity index (χ1v) is 7.68. The van der Waals surface area contributed by atoms with E-state index < -0.39 is 0 Å². The molecule has 0 aliphatic carbocycles. The summed E-state index contributed by atoms with van der Waals surface area (Å²) >= 11 is 0. The van der Waals surface area contributed by atoms with Crippen molar-refractivity contribution in [1.82, 2.24) is 9.80 Å². The molecule has 0 atom stereocenters. The zero-order valence-electron chi connectivity index (χ0n) is 13.4. The highest BCUT2D eigenvalue weighted by atomic mass is 16.5. The fourth-order valence-electron chi connectivity index (χ4n) is 2.47. The van der Waals surface area contributed by atoms with Crippen molar-refractivity contribution in [1.29, 1.82) is 0 Å². The Morgan fingerprint density at radius 2 is 1.70 bits per heavy atom. The van der Waals surface area contributed by atoms with Crippen LogP contribution >= 0.6 is 0 Å². The largest absolute Gasteiger partial charge is 0.469 e. The first-order chi connectivity index (χ1) is 9.46. The molecule has 5 heteroatoms. The number of hydrogen-bond acceptors (Lipinski definition) is 5. The van der Waals surface area contributed by atoms with E-state index in [1.807, 2.05) is 0 Å². The smallest absolute Gasteiger partial charge is 0.306 e. The molecular formula is C15H31N3O2. The second-order valence-corrected chi connectivity index (χ2v) is 6.48. The first-order valence-electron chi connectivity index (χ1n) is 7.68. The number of ether oxygens (including phenoxy) is 1. The summed E-state index contributed by atoms with van der Waals surface area (Å²) in [5.74, 6) is -0.114. The van der Waals surface area contributed by atoms with Gasteiger partial charge < -0.3 is 20.3 Å². The fraction of sp³-hybridized carbons (Fsp3) is 0.933. The maximum Gasteiger partial charge on any atom is 0.306 e. The molecule has 1 aliphatic heterocycles. The summed E-state index contributed by atoms with van der Waals surface area (Å²) in [6, 6.07) is 0. The zero-order chi connectivity index (χ0) is 15.0. The van der Waals surface area contributed by atoms with Crippen LogP contribution in [0.25, 0.3) is 0 Å². The van der Waals surface area contributed by atoms with Crippen LogP contribution in [0.3, 0.4) is 0 Å². The predicted molar refractivity (Wildman–Crippen MR) is 81.6 cm³/mol. The molecule has 0 radical (unpaired) electrons. The molecule has 20 heavy (non-hydrogen) atoms. The van der Waals surface area contributed by atoms with Gasteiger partial charge in [-0.05, 0) is 31.3 Å². The average molecular weight is 285 g/mol. The molecule has 0 aromatic rings. The Kier molecular flexibility index (Phi) is 7.48. The fourth-order valence-corrected chi connectivity index (χ4v) is 2.47. The van der Waals surface area contributed by atoms with Gasteiger partial charge in [-0.2, -0.15) is 0 Å². The third-order valence-corrected chi connectivity index (χ3v) is 4.21. The van der Waals surface area contributed by atoms with Gasteiger partial charge in [0.1, 0.15) is 0 Å². The number of esters is 1. The van der Waals surface area contributed by atoms with Gasteiger partial charge in [0.05, 0.1) is 13.5 Å². The summed E-state index contributed by atoms with van der Waals surface area (Å²) in [6.45, 7) is 11.5. The Morgan fingerprint density at radius 1 is 1.15 bits per heavy atom. The van der Waals surface area contributed by atoms with Gasteiger partial charge in [-0.15, -0.1) is 0 Å². The van der Waals surface area contributed by atoms with Crippen LogP contribution in [0.5, 0.6) is 0 Å². The number of hydrogen-bond donors (Lipinski definition) is 1. The molecule has 0 aromatic carbocycles. The topological polar surface area (TPSA) is 58.8 Å². The van der Waals surface area contributed by atoms with Crippen molar-refractivity contribution in [3.05, 3.63) is 0 Å². The molecule has 0 aromatic heterocycles. The maximum absolute atomic E-state index is 11.1. The van der Waals surface area contributed by atoms with Gasteiger partial charge in [0, 0.05) is 32.7 Å². The number of methoxy groups -OCH3 is 1. The number of carbonyl (C=O) groups excluding carboxylic acids is 1. The van der Waals surface area contributed by atoms with Gasteiger partial charge in [0.15, 0.2) is 0 Å². The Hall–Kier alpha value is -0.650. The van der Waals surface area contributed by atoms with Crippen LogP contribution in [0, 0.1) is 5.41 Å². The number of nitrogens with zero attached hydrogens (tertiary/aromatic N) is 2. The molecule has 2 N–H and O–H groups in total. The van der Waals surface area contributed by atoms with Crippen LogP contribution in [0.15, 0.2) is 0 Å². The maximum atomic E-state index is 11.1.